The zero-order chi connectivity index (χ0) is 10.6. The number of aryl methyl sites for hydroxylation is 1. The molecule has 0 radical (unpaired) electrons. The number of rotatable bonds is 4. The van der Waals surface area contributed by atoms with E-state index in [2.05, 4.69) is 0 Å². The van der Waals surface area contributed by atoms with E-state index in [-0.39, 0.29) is 0 Å². The average Bonchev–Trinajstić information content (AvgIpc) is 2.20. The van der Waals surface area contributed by atoms with E-state index in [1.807, 2.05) is 19.1 Å². The molecule has 0 saturated carbocycles. The van der Waals surface area contributed by atoms with E-state index in [1.54, 1.807) is 14.2 Å². The minimum absolute atomic E-state index is 0.421. The minimum atomic E-state index is 0.421. The van der Waals surface area contributed by atoms with Crippen LogP contribution in [-0.2, 0) is 11.3 Å². The first-order chi connectivity index (χ1) is 6.74. The summed E-state index contributed by atoms with van der Waals surface area (Å²) >= 11 is 0. The first-order valence-electron chi connectivity index (χ1n) is 4.35. The third-order valence-electron chi connectivity index (χ3n) is 2.11. The summed E-state index contributed by atoms with van der Waals surface area (Å²) in [6, 6.07) is 3.80. The Labute approximate surface area is 83.6 Å². The van der Waals surface area contributed by atoms with Crippen molar-refractivity contribution in [2.45, 2.75) is 13.5 Å². The van der Waals surface area contributed by atoms with Crippen molar-refractivity contribution in [3.63, 3.8) is 0 Å². The number of benzene rings is 1. The molecule has 3 nitrogen and oxygen atoms in total. The Hall–Kier alpha value is -1.35. The molecule has 0 aliphatic heterocycles. The van der Waals surface area contributed by atoms with E-state index in [1.165, 1.54) is 0 Å². The number of methoxy groups -OCH3 is 2. The summed E-state index contributed by atoms with van der Waals surface area (Å²) in [7, 11) is 3.16. The molecule has 0 fully saturated rings. The van der Waals surface area contributed by atoms with Crippen molar-refractivity contribution in [2.24, 2.45) is 0 Å². The number of carbonyl (C=O) groups is 1. The zero-order valence-electron chi connectivity index (χ0n) is 8.66. The molecule has 1 aromatic carbocycles. The van der Waals surface area contributed by atoms with Crippen molar-refractivity contribution in [2.75, 3.05) is 14.2 Å². The van der Waals surface area contributed by atoms with Gasteiger partial charge in [-0.2, -0.15) is 0 Å². The molecule has 0 unspecified atom stereocenters. The second-order valence-corrected chi connectivity index (χ2v) is 3.04. The molecule has 0 heterocycles. The molecule has 76 valence electrons. The fourth-order valence-electron chi connectivity index (χ4n) is 1.43. The van der Waals surface area contributed by atoms with Gasteiger partial charge in [0.15, 0.2) is 6.29 Å². The summed E-state index contributed by atoms with van der Waals surface area (Å²) in [5.74, 6) is 0.634. The molecule has 0 aliphatic carbocycles. The van der Waals surface area contributed by atoms with Crippen LogP contribution in [0.4, 0.5) is 0 Å². The van der Waals surface area contributed by atoms with Gasteiger partial charge in [0.2, 0.25) is 0 Å². The summed E-state index contributed by atoms with van der Waals surface area (Å²) in [6.07, 6.45) is 0.806. The molecule has 3 heteroatoms. The Kier molecular flexibility index (Phi) is 3.65. The molecule has 0 saturated heterocycles. The van der Waals surface area contributed by atoms with Gasteiger partial charge in [0.1, 0.15) is 5.75 Å². The maximum absolute atomic E-state index is 10.9. The lowest BCUT2D eigenvalue weighted by Gasteiger charge is -2.11. The third-order valence-corrected chi connectivity index (χ3v) is 2.11. The number of ether oxygens (including phenoxy) is 2. The Morgan fingerprint density at radius 2 is 2.07 bits per heavy atom. The molecule has 1 rings (SSSR count). The van der Waals surface area contributed by atoms with Gasteiger partial charge in [-0.15, -0.1) is 0 Å². The predicted octanol–water partition coefficient (Wildman–Crippen LogP) is 1.96. The fraction of sp³-hybridized carbons (Fsp3) is 0.364. The number of hydrogen-bond acceptors (Lipinski definition) is 3. The van der Waals surface area contributed by atoms with Gasteiger partial charge in [-0.3, -0.25) is 4.79 Å². The summed E-state index contributed by atoms with van der Waals surface area (Å²) in [4.78, 5) is 10.9. The molecular weight excluding hydrogens is 180 g/mol. The number of carbonyl (C=O) groups excluding carboxylic acids is 1. The van der Waals surface area contributed by atoms with Gasteiger partial charge in [-0.25, -0.2) is 0 Å². The molecular formula is C11H14O3. The maximum Gasteiger partial charge on any atom is 0.154 e. The van der Waals surface area contributed by atoms with E-state index in [0.717, 1.165) is 17.4 Å². The van der Waals surface area contributed by atoms with E-state index in [0.29, 0.717) is 17.9 Å². The number of aldehydes is 1. The first-order valence-corrected chi connectivity index (χ1v) is 4.35. The van der Waals surface area contributed by atoms with Crippen LogP contribution in [-0.4, -0.2) is 20.5 Å². The standard InChI is InChI=1S/C11H14O3/c1-8-4-5-9(7-13-2)10(6-12)11(8)14-3/h4-6H,7H2,1-3H3. The lowest BCUT2D eigenvalue weighted by Crippen LogP contribution is -2.00. The molecule has 14 heavy (non-hydrogen) atoms. The summed E-state index contributed by atoms with van der Waals surface area (Å²) in [5.41, 5.74) is 2.38. The van der Waals surface area contributed by atoms with Crippen molar-refractivity contribution in [3.8, 4) is 5.75 Å². The highest BCUT2D eigenvalue weighted by molar-refractivity contribution is 5.82. The highest BCUT2D eigenvalue weighted by Crippen LogP contribution is 2.25. The van der Waals surface area contributed by atoms with Crippen LogP contribution < -0.4 is 4.74 Å². The zero-order valence-corrected chi connectivity index (χ0v) is 8.66. The first kappa shape index (κ1) is 10.7. The van der Waals surface area contributed by atoms with Crippen LogP contribution in [0.2, 0.25) is 0 Å². The van der Waals surface area contributed by atoms with Crippen LogP contribution in [0.25, 0.3) is 0 Å². The van der Waals surface area contributed by atoms with Crippen molar-refractivity contribution in [1.29, 1.82) is 0 Å². The molecule has 0 atom stereocenters. The second kappa shape index (κ2) is 4.77. The normalized spacial score (nSPS) is 9.93. The highest BCUT2D eigenvalue weighted by atomic mass is 16.5. The molecule has 0 aromatic heterocycles. The van der Waals surface area contributed by atoms with Crippen LogP contribution >= 0.6 is 0 Å². The van der Waals surface area contributed by atoms with Crippen LogP contribution in [0.5, 0.6) is 5.75 Å². The molecule has 0 aliphatic rings. The third kappa shape index (κ3) is 1.93. The smallest absolute Gasteiger partial charge is 0.154 e. The van der Waals surface area contributed by atoms with Crippen molar-refractivity contribution < 1.29 is 14.3 Å². The van der Waals surface area contributed by atoms with Gasteiger partial charge in [-0.05, 0) is 18.1 Å². The maximum atomic E-state index is 10.9. The molecule has 0 N–H and O–H groups in total. The summed E-state index contributed by atoms with van der Waals surface area (Å²) < 4.78 is 10.2. The van der Waals surface area contributed by atoms with Gasteiger partial charge in [0, 0.05) is 7.11 Å². The van der Waals surface area contributed by atoms with Gasteiger partial charge < -0.3 is 9.47 Å². The largest absolute Gasteiger partial charge is 0.496 e. The quantitative estimate of drug-likeness (QED) is 0.687. The monoisotopic (exact) mass is 194 g/mol. The Bertz CT molecular complexity index is 332. The number of hydrogen-bond donors (Lipinski definition) is 0. The van der Waals surface area contributed by atoms with E-state index in [4.69, 9.17) is 9.47 Å². The highest BCUT2D eigenvalue weighted by Gasteiger charge is 2.10. The lowest BCUT2D eigenvalue weighted by molar-refractivity contribution is 0.111. The molecule has 1 aromatic rings. The van der Waals surface area contributed by atoms with Crippen LogP contribution in [0.1, 0.15) is 21.5 Å². The fourth-order valence-corrected chi connectivity index (χ4v) is 1.43. The van der Waals surface area contributed by atoms with E-state index >= 15 is 0 Å². The topological polar surface area (TPSA) is 35.5 Å². The Morgan fingerprint density at radius 3 is 2.57 bits per heavy atom. The minimum Gasteiger partial charge on any atom is -0.496 e. The van der Waals surface area contributed by atoms with Gasteiger partial charge in [0.05, 0.1) is 19.3 Å². The van der Waals surface area contributed by atoms with Gasteiger partial charge in [-0.1, -0.05) is 12.1 Å². The second-order valence-electron chi connectivity index (χ2n) is 3.04. The molecule has 0 amide bonds. The molecule has 0 bridgehead atoms. The average molecular weight is 194 g/mol. The lowest BCUT2D eigenvalue weighted by atomic mass is 10.0. The van der Waals surface area contributed by atoms with Crippen LogP contribution in [0.3, 0.4) is 0 Å². The van der Waals surface area contributed by atoms with Gasteiger partial charge >= 0.3 is 0 Å². The Morgan fingerprint density at radius 1 is 1.36 bits per heavy atom. The van der Waals surface area contributed by atoms with E-state index in [9.17, 15) is 4.79 Å². The Balaban J connectivity index is 3.25. The van der Waals surface area contributed by atoms with Crippen molar-refractivity contribution >= 4 is 6.29 Å². The van der Waals surface area contributed by atoms with Crippen molar-refractivity contribution in [3.05, 3.63) is 28.8 Å². The molecule has 0 spiro atoms. The SMILES string of the molecule is COCc1ccc(C)c(OC)c1C=O. The summed E-state index contributed by atoms with van der Waals surface area (Å²) in [6.45, 7) is 2.33. The van der Waals surface area contributed by atoms with Crippen LogP contribution in [0.15, 0.2) is 12.1 Å². The van der Waals surface area contributed by atoms with Crippen LogP contribution in [0, 0.1) is 6.92 Å². The summed E-state index contributed by atoms with van der Waals surface area (Å²) in [5, 5.41) is 0. The predicted molar refractivity (Wildman–Crippen MR) is 53.8 cm³/mol. The van der Waals surface area contributed by atoms with Gasteiger partial charge in [0.25, 0.3) is 0 Å². The van der Waals surface area contributed by atoms with E-state index < -0.39 is 0 Å². The van der Waals surface area contributed by atoms with Crippen molar-refractivity contribution in [1.82, 2.24) is 0 Å².